The first kappa shape index (κ1) is 24.6. The predicted octanol–water partition coefficient (Wildman–Crippen LogP) is 9.15. The van der Waals surface area contributed by atoms with Crippen LogP contribution in [0.3, 0.4) is 0 Å². The highest BCUT2D eigenvalue weighted by atomic mass is 19.2. The van der Waals surface area contributed by atoms with E-state index in [4.69, 9.17) is 4.74 Å². The second-order valence-electron chi connectivity index (χ2n) is 9.41. The van der Waals surface area contributed by atoms with Crippen LogP contribution in [0.5, 0.6) is 5.75 Å². The van der Waals surface area contributed by atoms with E-state index in [0.717, 1.165) is 37.5 Å². The van der Waals surface area contributed by atoms with Crippen molar-refractivity contribution in [2.75, 3.05) is 7.11 Å². The summed E-state index contributed by atoms with van der Waals surface area (Å²) in [5, 5.41) is 0. The Balaban J connectivity index is 0.00000193. The maximum atomic E-state index is 15.0. The zero-order valence-electron chi connectivity index (χ0n) is 18.2. The first-order chi connectivity index (χ1) is 14.9. The van der Waals surface area contributed by atoms with Crippen molar-refractivity contribution in [1.82, 2.24) is 0 Å². The molecule has 0 unspecified atom stereocenters. The second-order valence-corrected chi connectivity index (χ2v) is 9.41. The third-order valence-corrected chi connectivity index (χ3v) is 7.61. The van der Waals surface area contributed by atoms with E-state index in [9.17, 15) is 17.6 Å². The first-order valence-corrected chi connectivity index (χ1v) is 11.4. The average molecular weight is 455 g/mol. The molecule has 2 aliphatic carbocycles. The number of ether oxygens (including phenoxy) is 1. The van der Waals surface area contributed by atoms with Gasteiger partial charge in [-0.2, -0.15) is 4.39 Å². The van der Waals surface area contributed by atoms with Gasteiger partial charge in [-0.05, 0) is 79.9 Å². The molecular formula is C27H38F4O. The molecule has 2 fully saturated rings. The Morgan fingerprint density at radius 1 is 0.688 bits per heavy atom. The van der Waals surface area contributed by atoms with Crippen molar-refractivity contribution in [3.8, 4) is 16.9 Å². The minimum atomic E-state index is -1.24. The summed E-state index contributed by atoms with van der Waals surface area (Å²) in [6, 6.07) is 5.34. The van der Waals surface area contributed by atoms with E-state index in [1.807, 2.05) is 0 Å². The van der Waals surface area contributed by atoms with Crippen LogP contribution < -0.4 is 4.74 Å². The van der Waals surface area contributed by atoms with Gasteiger partial charge in [0, 0.05) is 14.0 Å². The van der Waals surface area contributed by atoms with Crippen LogP contribution in [0.1, 0.15) is 80.1 Å². The van der Waals surface area contributed by atoms with E-state index in [1.165, 1.54) is 51.0 Å². The fourth-order valence-corrected chi connectivity index (χ4v) is 5.64. The van der Waals surface area contributed by atoms with Crippen LogP contribution in [0, 0.1) is 41.0 Å². The first-order valence-electron chi connectivity index (χ1n) is 11.4. The summed E-state index contributed by atoms with van der Waals surface area (Å²) >= 11 is 0. The lowest BCUT2D eigenvalue weighted by Crippen LogP contribution is -2.25. The minimum Gasteiger partial charge on any atom is -0.494 e. The van der Waals surface area contributed by atoms with Crippen molar-refractivity contribution in [3.63, 3.8) is 0 Å². The largest absolute Gasteiger partial charge is 0.494 e. The van der Waals surface area contributed by atoms with Crippen LogP contribution in [-0.4, -0.2) is 7.11 Å². The van der Waals surface area contributed by atoms with Gasteiger partial charge in [0.1, 0.15) is 0 Å². The SMILES string of the molecule is C.COc1ccc(-c2ccc(C3CCC(C4CCC(C)CC4)CC3)c(F)c2F)c(F)c1F.[HH].[HH]. The molecule has 4 rings (SSSR count). The monoisotopic (exact) mass is 454 g/mol. The Bertz CT molecular complexity index is 937. The van der Waals surface area contributed by atoms with Gasteiger partial charge in [-0.3, -0.25) is 0 Å². The predicted molar refractivity (Wildman–Crippen MR) is 125 cm³/mol. The van der Waals surface area contributed by atoms with Gasteiger partial charge in [-0.1, -0.05) is 39.3 Å². The molecule has 0 heterocycles. The summed E-state index contributed by atoms with van der Waals surface area (Å²) in [7, 11) is 1.22. The van der Waals surface area contributed by atoms with E-state index in [1.54, 1.807) is 6.07 Å². The molecule has 2 saturated carbocycles. The standard InChI is InChI=1S/C26H30F4O.CH4.2H2/c1-15-3-5-16(6-4-15)17-7-9-18(10-8-17)19-11-12-20(24(28)23(19)27)21-13-14-22(31-2)26(30)25(21)29;;;/h11-18H,3-10H2,1-2H3;1H4;2*1H. The maximum absolute atomic E-state index is 15.0. The molecule has 1 nitrogen and oxygen atoms in total. The van der Waals surface area contributed by atoms with E-state index < -0.39 is 23.3 Å². The van der Waals surface area contributed by atoms with Crippen molar-refractivity contribution in [2.24, 2.45) is 17.8 Å². The summed E-state index contributed by atoms with van der Waals surface area (Å²) in [5.74, 6) is -2.53. The van der Waals surface area contributed by atoms with E-state index in [-0.39, 0.29) is 33.1 Å². The molecule has 0 amide bonds. The Morgan fingerprint density at radius 3 is 1.75 bits per heavy atom. The highest BCUT2D eigenvalue weighted by Gasteiger charge is 2.32. The molecular weight excluding hydrogens is 416 g/mol. The Morgan fingerprint density at radius 2 is 1.19 bits per heavy atom. The molecule has 0 saturated heterocycles. The molecule has 2 aliphatic rings. The van der Waals surface area contributed by atoms with Crippen LogP contribution in [0.4, 0.5) is 17.6 Å². The lowest BCUT2D eigenvalue weighted by atomic mass is 9.68. The van der Waals surface area contributed by atoms with Crippen molar-refractivity contribution >= 4 is 0 Å². The van der Waals surface area contributed by atoms with Gasteiger partial charge >= 0.3 is 0 Å². The van der Waals surface area contributed by atoms with E-state index in [0.29, 0.717) is 11.5 Å². The number of hydrogen-bond donors (Lipinski definition) is 0. The Hall–Kier alpha value is -2.04. The third-order valence-electron chi connectivity index (χ3n) is 7.61. The van der Waals surface area contributed by atoms with Crippen molar-refractivity contribution < 1.29 is 25.2 Å². The normalized spacial score (nSPS) is 25.8. The highest BCUT2D eigenvalue weighted by Crippen LogP contribution is 2.45. The molecule has 0 atom stereocenters. The van der Waals surface area contributed by atoms with Gasteiger partial charge in [-0.15, -0.1) is 0 Å². The van der Waals surface area contributed by atoms with Crippen LogP contribution in [0.15, 0.2) is 24.3 Å². The number of benzene rings is 2. The fourth-order valence-electron chi connectivity index (χ4n) is 5.64. The zero-order chi connectivity index (χ0) is 22.1. The number of hydrogen-bond acceptors (Lipinski definition) is 1. The minimum absolute atomic E-state index is 0. The van der Waals surface area contributed by atoms with Gasteiger partial charge in [0.05, 0.1) is 7.11 Å². The molecule has 5 heteroatoms. The summed E-state index contributed by atoms with van der Waals surface area (Å²) in [5.41, 5.74) is -0.229. The molecule has 0 aromatic heterocycles. The van der Waals surface area contributed by atoms with Gasteiger partial charge < -0.3 is 4.74 Å². The summed E-state index contributed by atoms with van der Waals surface area (Å²) in [6.45, 7) is 2.32. The zero-order valence-corrected chi connectivity index (χ0v) is 18.2. The number of halogens is 4. The lowest BCUT2D eigenvalue weighted by molar-refractivity contribution is 0.164. The molecule has 0 aliphatic heterocycles. The van der Waals surface area contributed by atoms with Crippen LogP contribution in [0.25, 0.3) is 11.1 Å². The van der Waals surface area contributed by atoms with Gasteiger partial charge in [0.25, 0.3) is 0 Å². The molecule has 0 spiro atoms. The van der Waals surface area contributed by atoms with Crippen molar-refractivity contribution in [3.05, 3.63) is 53.1 Å². The fraction of sp³-hybridized carbons (Fsp3) is 0.556. The van der Waals surface area contributed by atoms with Crippen molar-refractivity contribution in [2.45, 2.75) is 71.6 Å². The molecule has 0 N–H and O–H groups in total. The molecule has 0 radical (unpaired) electrons. The number of methoxy groups -OCH3 is 1. The molecule has 32 heavy (non-hydrogen) atoms. The molecule has 180 valence electrons. The third kappa shape index (κ3) is 4.67. The topological polar surface area (TPSA) is 9.23 Å². The van der Waals surface area contributed by atoms with Crippen LogP contribution in [-0.2, 0) is 0 Å². The van der Waals surface area contributed by atoms with E-state index in [2.05, 4.69) is 6.92 Å². The summed E-state index contributed by atoms with van der Waals surface area (Å²) < 4.78 is 63.1. The van der Waals surface area contributed by atoms with Crippen LogP contribution >= 0.6 is 0 Å². The molecule has 2 aromatic rings. The smallest absolute Gasteiger partial charge is 0.201 e. The molecule has 2 aromatic carbocycles. The average Bonchev–Trinajstić information content (AvgIpc) is 2.79. The quantitative estimate of drug-likeness (QED) is 0.419. The Labute approximate surface area is 192 Å². The van der Waals surface area contributed by atoms with Gasteiger partial charge in [0.2, 0.25) is 5.82 Å². The van der Waals surface area contributed by atoms with Gasteiger partial charge in [0.15, 0.2) is 23.2 Å². The van der Waals surface area contributed by atoms with Gasteiger partial charge in [-0.25, -0.2) is 13.2 Å². The second kappa shape index (κ2) is 10.3. The number of rotatable bonds is 4. The van der Waals surface area contributed by atoms with E-state index >= 15 is 0 Å². The summed E-state index contributed by atoms with van der Waals surface area (Å²) in [6.07, 6.45) is 8.96. The molecule has 0 bridgehead atoms. The lowest BCUT2D eigenvalue weighted by Gasteiger charge is -2.37. The summed E-state index contributed by atoms with van der Waals surface area (Å²) in [4.78, 5) is 0. The highest BCUT2D eigenvalue weighted by molar-refractivity contribution is 5.66. The van der Waals surface area contributed by atoms with Crippen molar-refractivity contribution in [1.29, 1.82) is 0 Å². The van der Waals surface area contributed by atoms with Crippen LogP contribution in [0.2, 0.25) is 0 Å². The Kier molecular flexibility index (Phi) is 7.89. The maximum Gasteiger partial charge on any atom is 0.201 e.